The van der Waals surface area contributed by atoms with Gasteiger partial charge in [-0.05, 0) is 43.7 Å². The number of aromatic nitrogens is 1. The molecule has 3 rings (SSSR count). The Balaban J connectivity index is 1.75. The lowest BCUT2D eigenvalue weighted by Gasteiger charge is -2.33. The van der Waals surface area contributed by atoms with E-state index in [2.05, 4.69) is 35.0 Å². The summed E-state index contributed by atoms with van der Waals surface area (Å²) in [5, 5.41) is 0. The molecular formula is C15H22N2. The van der Waals surface area contributed by atoms with E-state index in [4.69, 9.17) is 0 Å². The minimum Gasteiger partial charge on any atom is -0.356 e. The van der Waals surface area contributed by atoms with E-state index < -0.39 is 0 Å². The third kappa shape index (κ3) is 2.18. The maximum absolute atomic E-state index is 4.66. The molecule has 1 aromatic rings. The number of aryl methyl sites for hydroxylation is 1. The van der Waals surface area contributed by atoms with E-state index in [1.54, 1.807) is 0 Å². The number of anilines is 1. The van der Waals surface area contributed by atoms with Gasteiger partial charge in [0.05, 0.1) is 0 Å². The van der Waals surface area contributed by atoms with Gasteiger partial charge in [-0.2, -0.15) is 0 Å². The average molecular weight is 230 g/mol. The lowest BCUT2D eigenvalue weighted by Crippen LogP contribution is -2.29. The summed E-state index contributed by atoms with van der Waals surface area (Å²) in [6, 6.07) is 6.37. The van der Waals surface area contributed by atoms with Crippen LogP contribution in [-0.4, -0.2) is 18.1 Å². The molecule has 2 heteroatoms. The van der Waals surface area contributed by atoms with Crippen LogP contribution in [0.3, 0.4) is 0 Å². The standard InChI is InChI=1S/C15H22N2/c1-13-6-5-7-14(16-13)17-11-10-15(12-17)8-3-2-4-9-15/h5-7H,2-4,8-12H2,1H3. The van der Waals surface area contributed by atoms with Gasteiger partial charge in [0.1, 0.15) is 5.82 Å². The zero-order valence-electron chi connectivity index (χ0n) is 10.8. The van der Waals surface area contributed by atoms with Crippen LogP contribution in [0.2, 0.25) is 0 Å². The van der Waals surface area contributed by atoms with Gasteiger partial charge < -0.3 is 4.90 Å². The van der Waals surface area contributed by atoms with E-state index in [1.807, 2.05) is 0 Å². The minimum atomic E-state index is 0.629. The molecule has 17 heavy (non-hydrogen) atoms. The minimum absolute atomic E-state index is 0.629. The zero-order valence-corrected chi connectivity index (χ0v) is 10.8. The SMILES string of the molecule is Cc1cccc(N2CCC3(CCCCC3)C2)n1. The van der Waals surface area contributed by atoms with E-state index in [9.17, 15) is 0 Å². The molecule has 2 fully saturated rings. The van der Waals surface area contributed by atoms with Crippen molar-refractivity contribution in [1.29, 1.82) is 0 Å². The molecule has 92 valence electrons. The number of pyridine rings is 1. The van der Waals surface area contributed by atoms with Gasteiger partial charge in [0, 0.05) is 18.8 Å². The quantitative estimate of drug-likeness (QED) is 0.733. The fraction of sp³-hybridized carbons (Fsp3) is 0.667. The molecule has 1 saturated heterocycles. The highest BCUT2D eigenvalue weighted by molar-refractivity contribution is 5.41. The number of hydrogen-bond donors (Lipinski definition) is 0. The van der Waals surface area contributed by atoms with Crippen molar-refractivity contribution in [2.24, 2.45) is 5.41 Å². The molecule has 2 heterocycles. The Kier molecular flexibility index (Phi) is 2.81. The highest BCUT2D eigenvalue weighted by Crippen LogP contribution is 2.44. The molecule has 0 N–H and O–H groups in total. The molecule has 0 radical (unpaired) electrons. The molecular weight excluding hydrogens is 208 g/mol. The third-order valence-electron chi connectivity index (χ3n) is 4.55. The Morgan fingerprint density at radius 2 is 1.94 bits per heavy atom. The van der Waals surface area contributed by atoms with Crippen LogP contribution in [0.25, 0.3) is 0 Å². The number of hydrogen-bond acceptors (Lipinski definition) is 2. The summed E-state index contributed by atoms with van der Waals surface area (Å²) in [6.07, 6.45) is 8.59. The Morgan fingerprint density at radius 3 is 2.71 bits per heavy atom. The summed E-state index contributed by atoms with van der Waals surface area (Å²) in [5.41, 5.74) is 1.76. The van der Waals surface area contributed by atoms with Gasteiger partial charge in [-0.25, -0.2) is 4.98 Å². The van der Waals surface area contributed by atoms with Crippen LogP contribution in [0.5, 0.6) is 0 Å². The van der Waals surface area contributed by atoms with Crippen LogP contribution >= 0.6 is 0 Å². The normalized spacial score (nSPS) is 23.2. The summed E-state index contributed by atoms with van der Waals surface area (Å²) in [7, 11) is 0. The second kappa shape index (κ2) is 4.32. The topological polar surface area (TPSA) is 16.1 Å². The highest BCUT2D eigenvalue weighted by Gasteiger charge is 2.39. The van der Waals surface area contributed by atoms with Gasteiger partial charge in [0.15, 0.2) is 0 Å². The summed E-state index contributed by atoms with van der Waals surface area (Å²) < 4.78 is 0. The van der Waals surface area contributed by atoms with E-state index in [1.165, 1.54) is 57.4 Å². The van der Waals surface area contributed by atoms with Crippen molar-refractivity contribution >= 4 is 5.82 Å². The molecule has 0 aromatic carbocycles. The first kappa shape index (κ1) is 11.1. The van der Waals surface area contributed by atoms with Gasteiger partial charge in [-0.3, -0.25) is 0 Å². The Bertz CT molecular complexity index is 394. The summed E-state index contributed by atoms with van der Waals surface area (Å²) in [4.78, 5) is 7.16. The van der Waals surface area contributed by atoms with E-state index in [0.29, 0.717) is 5.41 Å². The largest absolute Gasteiger partial charge is 0.356 e. The Labute approximate surface area is 104 Å². The van der Waals surface area contributed by atoms with Crippen LogP contribution < -0.4 is 4.90 Å². The molecule has 1 aliphatic heterocycles. The van der Waals surface area contributed by atoms with Crippen molar-refractivity contribution in [2.75, 3.05) is 18.0 Å². The van der Waals surface area contributed by atoms with Crippen molar-refractivity contribution in [3.63, 3.8) is 0 Å². The van der Waals surface area contributed by atoms with E-state index in [-0.39, 0.29) is 0 Å². The van der Waals surface area contributed by atoms with Crippen LogP contribution in [0.4, 0.5) is 5.82 Å². The van der Waals surface area contributed by atoms with Crippen LogP contribution in [-0.2, 0) is 0 Å². The summed E-state index contributed by atoms with van der Waals surface area (Å²) in [6.45, 7) is 4.52. The molecule has 0 unspecified atom stereocenters. The molecule has 0 amide bonds. The van der Waals surface area contributed by atoms with Crippen molar-refractivity contribution in [3.05, 3.63) is 23.9 Å². The van der Waals surface area contributed by atoms with Gasteiger partial charge in [0.25, 0.3) is 0 Å². The van der Waals surface area contributed by atoms with Crippen LogP contribution in [0, 0.1) is 12.3 Å². The summed E-state index contributed by atoms with van der Waals surface area (Å²) >= 11 is 0. The molecule has 0 atom stereocenters. The van der Waals surface area contributed by atoms with Crippen molar-refractivity contribution in [3.8, 4) is 0 Å². The smallest absolute Gasteiger partial charge is 0.128 e. The second-order valence-corrected chi connectivity index (χ2v) is 5.87. The first-order valence-electron chi connectivity index (χ1n) is 6.96. The maximum Gasteiger partial charge on any atom is 0.128 e. The number of rotatable bonds is 1. The van der Waals surface area contributed by atoms with Crippen molar-refractivity contribution < 1.29 is 0 Å². The third-order valence-corrected chi connectivity index (χ3v) is 4.55. The van der Waals surface area contributed by atoms with Crippen molar-refractivity contribution in [1.82, 2.24) is 4.98 Å². The average Bonchev–Trinajstić information content (AvgIpc) is 2.74. The fourth-order valence-corrected chi connectivity index (χ4v) is 3.55. The second-order valence-electron chi connectivity index (χ2n) is 5.87. The Hall–Kier alpha value is -1.05. The summed E-state index contributed by atoms with van der Waals surface area (Å²) in [5.74, 6) is 1.19. The van der Waals surface area contributed by atoms with Gasteiger partial charge >= 0.3 is 0 Å². The monoisotopic (exact) mass is 230 g/mol. The molecule has 1 spiro atoms. The van der Waals surface area contributed by atoms with Gasteiger partial charge in [0.2, 0.25) is 0 Å². The maximum atomic E-state index is 4.66. The molecule has 1 aromatic heterocycles. The molecule has 1 saturated carbocycles. The predicted molar refractivity (Wildman–Crippen MR) is 71.3 cm³/mol. The van der Waals surface area contributed by atoms with Gasteiger partial charge in [-0.15, -0.1) is 0 Å². The Morgan fingerprint density at radius 1 is 1.12 bits per heavy atom. The first-order chi connectivity index (χ1) is 8.27. The molecule has 2 nitrogen and oxygen atoms in total. The van der Waals surface area contributed by atoms with Gasteiger partial charge in [-0.1, -0.05) is 25.3 Å². The fourth-order valence-electron chi connectivity index (χ4n) is 3.55. The van der Waals surface area contributed by atoms with Crippen LogP contribution in [0.15, 0.2) is 18.2 Å². The lowest BCUT2D eigenvalue weighted by atomic mass is 9.73. The first-order valence-corrected chi connectivity index (χ1v) is 6.96. The number of nitrogens with zero attached hydrogens (tertiary/aromatic N) is 2. The molecule has 1 aliphatic carbocycles. The lowest BCUT2D eigenvalue weighted by molar-refractivity contribution is 0.219. The zero-order chi connectivity index (χ0) is 11.7. The van der Waals surface area contributed by atoms with Crippen LogP contribution in [0.1, 0.15) is 44.2 Å². The van der Waals surface area contributed by atoms with E-state index in [0.717, 1.165) is 5.69 Å². The van der Waals surface area contributed by atoms with E-state index >= 15 is 0 Å². The predicted octanol–water partition coefficient (Wildman–Crippen LogP) is 3.55. The van der Waals surface area contributed by atoms with Crippen molar-refractivity contribution in [2.45, 2.75) is 45.4 Å². The molecule has 2 aliphatic rings. The molecule has 0 bridgehead atoms. The highest BCUT2D eigenvalue weighted by atomic mass is 15.2.